The Morgan fingerprint density at radius 1 is 1.16 bits per heavy atom. The number of methoxy groups -OCH3 is 2. The molecule has 0 spiro atoms. The van der Waals surface area contributed by atoms with Gasteiger partial charge in [-0.3, -0.25) is 0 Å². The Labute approximate surface area is 118 Å². The molecule has 0 fully saturated rings. The Bertz CT molecular complexity index is 524. The van der Waals surface area contributed by atoms with Gasteiger partial charge in [-0.25, -0.2) is 0 Å². The third kappa shape index (κ3) is 3.28. The maximum absolute atomic E-state index is 5.30. The lowest BCUT2D eigenvalue weighted by Crippen LogP contribution is -2.21. The van der Waals surface area contributed by atoms with Gasteiger partial charge in [0.1, 0.15) is 11.5 Å². The van der Waals surface area contributed by atoms with Gasteiger partial charge < -0.3 is 14.8 Å². The van der Waals surface area contributed by atoms with Gasteiger partial charge in [-0.05, 0) is 30.3 Å². The SMILES string of the molecule is CCNC(c1cccc(OC)c1)c1cc(OC)cs1. The molecule has 0 radical (unpaired) electrons. The fraction of sp³-hybridized carbons (Fsp3) is 0.333. The number of hydrogen-bond donors (Lipinski definition) is 1. The van der Waals surface area contributed by atoms with Crippen LogP contribution in [0.5, 0.6) is 11.5 Å². The highest BCUT2D eigenvalue weighted by molar-refractivity contribution is 7.10. The van der Waals surface area contributed by atoms with Crippen molar-refractivity contribution in [1.29, 1.82) is 0 Å². The van der Waals surface area contributed by atoms with Crippen molar-refractivity contribution in [2.45, 2.75) is 13.0 Å². The topological polar surface area (TPSA) is 30.5 Å². The lowest BCUT2D eigenvalue weighted by Gasteiger charge is -2.17. The largest absolute Gasteiger partial charge is 0.497 e. The summed E-state index contributed by atoms with van der Waals surface area (Å²) >= 11 is 1.70. The van der Waals surface area contributed by atoms with Crippen LogP contribution in [0.1, 0.15) is 23.4 Å². The van der Waals surface area contributed by atoms with Crippen LogP contribution in [-0.2, 0) is 0 Å². The summed E-state index contributed by atoms with van der Waals surface area (Å²) in [5.74, 6) is 1.79. The molecule has 0 amide bonds. The zero-order valence-corrected chi connectivity index (χ0v) is 12.3. The monoisotopic (exact) mass is 277 g/mol. The molecule has 0 bridgehead atoms. The second-order valence-corrected chi connectivity index (χ2v) is 5.10. The summed E-state index contributed by atoms with van der Waals surface area (Å²) in [6, 6.07) is 10.4. The molecule has 102 valence electrons. The molecular weight excluding hydrogens is 258 g/mol. The fourth-order valence-electron chi connectivity index (χ4n) is 2.00. The van der Waals surface area contributed by atoms with E-state index in [-0.39, 0.29) is 6.04 Å². The van der Waals surface area contributed by atoms with Crippen molar-refractivity contribution in [3.05, 3.63) is 46.2 Å². The first-order valence-corrected chi connectivity index (χ1v) is 7.16. The van der Waals surface area contributed by atoms with E-state index in [2.05, 4.69) is 30.4 Å². The minimum absolute atomic E-state index is 0.175. The normalized spacial score (nSPS) is 12.2. The molecule has 0 saturated heterocycles. The lowest BCUT2D eigenvalue weighted by atomic mass is 10.0. The summed E-state index contributed by atoms with van der Waals surface area (Å²) in [6.07, 6.45) is 0. The van der Waals surface area contributed by atoms with Crippen molar-refractivity contribution in [3.8, 4) is 11.5 Å². The van der Waals surface area contributed by atoms with Crippen LogP contribution in [0.25, 0.3) is 0 Å². The Hall–Kier alpha value is -1.52. The molecule has 0 aliphatic rings. The molecule has 2 aromatic rings. The zero-order valence-electron chi connectivity index (χ0n) is 11.5. The summed E-state index contributed by atoms with van der Waals surface area (Å²) in [5.41, 5.74) is 1.20. The molecule has 0 aliphatic heterocycles. The second kappa shape index (κ2) is 6.59. The molecule has 2 rings (SSSR count). The summed E-state index contributed by atoms with van der Waals surface area (Å²) in [5, 5.41) is 5.53. The highest BCUT2D eigenvalue weighted by Gasteiger charge is 2.16. The van der Waals surface area contributed by atoms with Gasteiger partial charge in [0.2, 0.25) is 0 Å². The van der Waals surface area contributed by atoms with E-state index in [4.69, 9.17) is 9.47 Å². The standard InChI is InChI=1S/C15H19NO2S/c1-4-16-15(14-9-13(18-3)10-19-14)11-6-5-7-12(8-11)17-2/h5-10,15-16H,4H2,1-3H3. The van der Waals surface area contributed by atoms with Gasteiger partial charge in [-0.15, -0.1) is 11.3 Å². The average molecular weight is 277 g/mol. The molecule has 0 saturated carbocycles. The van der Waals surface area contributed by atoms with Crippen LogP contribution < -0.4 is 14.8 Å². The minimum atomic E-state index is 0.175. The van der Waals surface area contributed by atoms with Crippen LogP contribution in [0, 0.1) is 0 Å². The zero-order chi connectivity index (χ0) is 13.7. The van der Waals surface area contributed by atoms with Gasteiger partial charge in [0, 0.05) is 10.3 Å². The van der Waals surface area contributed by atoms with Gasteiger partial charge in [-0.1, -0.05) is 19.1 Å². The highest BCUT2D eigenvalue weighted by Crippen LogP contribution is 2.32. The van der Waals surface area contributed by atoms with Crippen molar-refractivity contribution in [2.24, 2.45) is 0 Å². The predicted molar refractivity (Wildman–Crippen MR) is 79.4 cm³/mol. The maximum atomic E-state index is 5.30. The third-order valence-corrected chi connectivity index (χ3v) is 3.93. The van der Waals surface area contributed by atoms with Gasteiger partial charge in [0.15, 0.2) is 0 Å². The molecule has 4 heteroatoms. The maximum Gasteiger partial charge on any atom is 0.129 e. The molecule has 1 heterocycles. The quantitative estimate of drug-likeness (QED) is 0.877. The minimum Gasteiger partial charge on any atom is -0.497 e. The van der Waals surface area contributed by atoms with Crippen molar-refractivity contribution < 1.29 is 9.47 Å². The molecule has 19 heavy (non-hydrogen) atoms. The smallest absolute Gasteiger partial charge is 0.129 e. The Morgan fingerprint density at radius 2 is 1.95 bits per heavy atom. The van der Waals surface area contributed by atoms with E-state index in [1.165, 1.54) is 10.4 Å². The number of hydrogen-bond acceptors (Lipinski definition) is 4. The highest BCUT2D eigenvalue weighted by atomic mass is 32.1. The van der Waals surface area contributed by atoms with E-state index in [1.54, 1.807) is 25.6 Å². The third-order valence-electron chi connectivity index (χ3n) is 2.95. The molecule has 1 aromatic carbocycles. The Kier molecular flexibility index (Phi) is 4.82. The first-order valence-electron chi connectivity index (χ1n) is 6.28. The Morgan fingerprint density at radius 3 is 2.58 bits per heavy atom. The molecule has 1 N–H and O–H groups in total. The van der Waals surface area contributed by atoms with Gasteiger partial charge in [0.25, 0.3) is 0 Å². The molecule has 1 unspecified atom stereocenters. The predicted octanol–water partition coefficient (Wildman–Crippen LogP) is 3.46. The van der Waals surface area contributed by atoms with E-state index in [1.807, 2.05) is 17.5 Å². The number of rotatable bonds is 6. The summed E-state index contributed by atoms with van der Waals surface area (Å²) in [7, 11) is 3.38. The van der Waals surface area contributed by atoms with E-state index in [0.717, 1.165) is 18.0 Å². The lowest BCUT2D eigenvalue weighted by molar-refractivity contribution is 0.413. The molecule has 1 atom stereocenters. The van der Waals surface area contributed by atoms with E-state index in [0.29, 0.717) is 0 Å². The number of nitrogens with one attached hydrogen (secondary N) is 1. The average Bonchev–Trinajstić information content (AvgIpc) is 2.93. The van der Waals surface area contributed by atoms with E-state index >= 15 is 0 Å². The van der Waals surface area contributed by atoms with Crippen LogP contribution in [-0.4, -0.2) is 20.8 Å². The van der Waals surface area contributed by atoms with E-state index in [9.17, 15) is 0 Å². The van der Waals surface area contributed by atoms with Gasteiger partial charge in [-0.2, -0.15) is 0 Å². The van der Waals surface area contributed by atoms with Crippen molar-refractivity contribution in [1.82, 2.24) is 5.32 Å². The van der Waals surface area contributed by atoms with Crippen LogP contribution in [0.4, 0.5) is 0 Å². The number of ether oxygens (including phenoxy) is 2. The van der Waals surface area contributed by atoms with Crippen LogP contribution >= 0.6 is 11.3 Å². The van der Waals surface area contributed by atoms with Crippen molar-refractivity contribution in [2.75, 3.05) is 20.8 Å². The first-order chi connectivity index (χ1) is 9.28. The summed E-state index contributed by atoms with van der Waals surface area (Å²) in [4.78, 5) is 1.24. The summed E-state index contributed by atoms with van der Waals surface area (Å²) < 4.78 is 10.6. The fourth-order valence-corrected chi connectivity index (χ4v) is 2.96. The van der Waals surface area contributed by atoms with E-state index < -0.39 is 0 Å². The van der Waals surface area contributed by atoms with Gasteiger partial charge in [0.05, 0.1) is 20.3 Å². The summed E-state index contributed by atoms with van der Waals surface area (Å²) in [6.45, 7) is 3.01. The Balaban J connectivity index is 2.32. The van der Waals surface area contributed by atoms with Crippen LogP contribution in [0.3, 0.4) is 0 Å². The number of benzene rings is 1. The van der Waals surface area contributed by atoms with Crippen molar-refractivity contribution >= 4 is 11.3 Å². The second-order valence-electron chi connectivity index (χ2n) is 4.16. The van der Waals surface area contributed by atoms with Crippen molar-refractivity contribution in [3.63, 3.8) is 0 Å². The van der Waals surface area contributed by atoms with Crippen LogP contribution in [0.2, 0.25) is 0 Å². The number of thiophene rings is 1. The van der Waals surface area contributed by atoms with Gasteiger partial charge >= 0.3 is 0 Å². The molecular formula is C15H19NO2S. The first kappa shape index (κ1) is 13.9. The molecule has 0 aliphatic carbocycles. The molecule has 1 aromatic heterocycles. The molecule has 3 nitrogen and oxygen atoms in total. The van der Waals surface area contributed by atoms with Crippen LogP contribution in [0.15, 0.2) is 35.7 Å².